The lowest BCUT2D eigenvalue weighted by molar-refractivity contribution is -0.142. The Hall–Kier alpha value is -3.18. The molecule has 0 radical (unpaired) electrons. The number of carboxylic acids is 1. The van der Waals surface area contributed by atoms with Gasteiger partial charge in [0.05, 0.1) is 12.1 Å². The van der Waals surface area contributed by atoms with Crippen LogP contribution < -0.4 is 22.1 Å². The van der Waals surface area contributed by atoms with Crippen LogP contribution in [0.15, 0.2) is 36.4 Å². The molecule has 0 spiro atoms. The van der Waals surface area contributed by atoms with E-state index < -0.39 is 42.0 Å². The van der Waals surface area contributed by atoms with Crippen LogP contribution in [0.3, 0.4) is 0 Å². The molecule has 1 aliphatic heterocycles. The van der Waals surface area contributed by atoms with E-state index >= 15 is 0 Å². The Kier molecular flexibility index (Phi) is 8.11. The second-order valence-electron chi connectivity index (χ2n) is 8.25. The van der Waals surface area contributed by atoms with Gasteiger partial charge in [0.2, 0.25) is 11.8 Å². The summed E-state index contributed by atoms with van der Waals surface area (Å²) in [6.45, 7) is -0.170. The first-order valence-corrected chi connectivity index (χ1v) is 11.0. The van der Waals surface area contributed by atoms with Crippen LogP contribution in [0.25, 0.3) is 11.1 Å². The maximum Gasteiger partial charge on any atom is 0.326 e. The quantitative estimate of drug-likeness (QED) is 0.309. The van der Waals surface area contributed by atoms with Gasteiger partial charge in [0, 0.05) is 30.8 Å². The van der Waals surface area contributed by atoms with Crippen molar-refractivity contribution < 1.29 is 29.7 Å². The maximum atomic E-state index is 12.9. The second-order valence-corrected chi connectivity index (χ2v) is 8.66. The predicted octanol–water partition coefficient (Wildman–Crippen LogP) is -0.0976. The van der Waals surface area contributed by atoms with Gasteiger partial charge in [0.15, 0.2) is 0 Å². The number of benzene rings is 2. The molecule has 2 aromatic carbocycles. The normalized spacial score (nSPS) is 22.1. The van der Waals surface area contributed by atoms with Crippen molar-refractivity contribution in [2.75, 3.05) is 6.54 Å². The fourth-order valence-electron chi connectivity index (χ4n) is 3.74. The number of hydrogen-bond donors (Lipinski definition) is 7. The van der Waals surface area contributed by atoms with Crippen molar-refractivity contribution in [1.29, 1.82) is 0 Å². The molecule has 0 unspecified atom stereocenters. The van der Waals surface area contributed by atoms with Crippen molar-refractivity contribution in [3.8, 4) is 16.9 Å². The first-order valence-electron chi connectivity index (χ1n) is 10.7. The summed E-state index contributed by atoms with van der Waals surface area (Å²) >= 11 is 6.31. The number of fused-ring (bicyclic) bond motifs is 5. The maximum absolute atomic E-state index is 12.9. The van der Waals surface area contributed by atoms with Gasteiger partial charge in [-0.2, -0.15) is 0 Å². The van der Waals surface area contributed by atoms with E-state index in [0.29, 0.717) is 27.3 Å². The van der Waals surface area contributed by atoms with Gasteiger partial charge in [-0.25, -0.2) is 4.79 Å². The third-order valence-corrected chi connectivity index (χ3v) is 6.06. The number of aliphatic hydroxyl groups is 1. The predicted molar refractivity (Wildman–Crippen MR) is 125 cm³/mol. The minimum atomic E-state index is -1.36. The lowest BCUT2D eigenvalue weighted by Crippen LogP contribution is -2.56. The molecule has 11 heteroatoms. The molecule has 0 saturated heterocycles. The molecule has 0 saturated carbocycles. The van der Waals surface area contributed by atoms with Crippen molar-refractivity contribution >= 4 is 29.4 Å². The Balaban J connectivity index is 2.09. The summed E-state index contributed by atoms with van der Waals surface area (Å²) in [7, 11) is 0. The number of carbonyl (C=O) groups excluding carboxylic acids is 2. The Morgan fingerprint density at radius 1 is 1.06 bits per heavy atom. The van der Waals surface area contributed by atoms with Crippen molar-refractivity contribution in [2.24, 2.45) is 11.5 Å². The molecule has 3 rings (SSSR count). The van der Waals surface area contributed by atoms with Crippen LogP contribution in [-0.4, -0.2) is 63.9 Å². The number of phenolic OH excluding ortho intramolecular Hbond substituents is 1. The van der Waals surface area contributed by atoms with Gasteiger partial charge in [-0.3, -0.25) is 9.59 Å². The van der Waals surface area contributed by atoms with E-state index in [1.165, 1.54) is 6.07 Å². The Labute approximate surface area is 200 Å². The summed E-state index contributed by atoms with van der Waals surface area (Å²) in [5, 5.41) is 35.2. The minimum absolute atomic E-state index is 0.0303. The standard InChI is InChI=1S/C23H27ClN4O6/c24-16-3-1-11-5-13(16)8-19(23(33)34)28-22(32)18(9-15(29)10-25)27-21(31)17(26)7-14-6-12(11)2-4-20(14)30/h1-6,15,17-19,29-30H,7-10,25-26H2,(H,27,31)(H,28,32)(H,33,34)/t15-,17+,18+,19+/m1/s1. The van der Waals surface area contributed by atoms with E-state index in [2.05, 4.69) is 10.6 Å². The van der Waals surface area contributed by atoms with E-state index in [1.54, 1.807) is 30.3 Å². The van der Waals surface area contributed by atoms with E-state index in [0.717, 1.165) is 0 Å². The average Bonchev–Trinajstić information content (AvgIpc) is 2.79. The number of nitrogens with two attached hydrogens (primary N) is 2. The highest BCUT2D eigenvalue weighted by molar-refractivity contribution is 6.31. The van der Waals surface area contributed by atoms with Crippen molar-refractivity contribution in [2.45, 2.75) is 43.5 Å². The van der Waals surface area contributed by atoms with Gasteiger partial charge >= 0.3 is 5.97 Å². The van der Waals surface area contributed by atoms with Crippen LogP contribution >= 0.6 is 11.6 Å². The molecular formula is C23H27ClN4O6. The van der Waals surface area contributed by atoms with Crippen LogP contribution in [0, 0.1) is 0 Å². The summed E-state index contributed by atoms with van der Waals surface area (Å²) in [5.74, 6) is -2.87. The number of carboxylic acid groups (broad SMARTS) is 1. The summed E-state index contributed by atoms with van der Waals surface area (Å²) in [4.78, 5) is 37.6. The molecule has 2 aromatic rings. The third kappa shape index (κ3) is 6.03. The number of aliphatic carboxylic acids is 1. The lowest BCUT2D eigenvalue weighted by atomic mass is 9.96. The Morgan fingerprint density at radius 2 is 1.71 bits per heavy atom. The van der Waals surface area contributed by atoms with E-state index in [1.807, 2.05) is 0 Å². The largest absolute Gasteiger partial charge is 0.508 e. The van der Waals surface area contributed by atoms with Crippen LogP contribution in [0.1, 0.15) is 17.5 Å². The third-order valence-electron chi connectivity index (χ3n) is 5.69. The molecule has 0 aliphatic carbocycles. The fourth-order valence-corrected chi connectivity index (χ4v) is 3.93. The first kappa shape index (κ1) is 25.4. The lowest BCUT2D eigenvalue weighted by Gasteiger charge is -2.24. The number of aromatic hydroxyl groups is 1. The van der Waals surface area contributed by atoms with Crippen molar-refractivity contribution in [3.05, 3.63) is 52.5 Å². The number of phenols is 1. The first-order chi connectivity index (χ1) is 16.1. The van der Waals surface area contributed by atoms with Crippen LogP contribution in [-0.2, 0) is 27.2 Å². The monoisotopic (exact) mass is 490 g/mol. The number of aliphatic hydroxyl groups excluding tert-OH is 1. The van der Waals surface area contributed by atoms with Crippen LogP contribution in [0.5, 0.6) is 5.75 Å². The average molecular weight is 491 g/mol. The highest BCUT2D eigenvalue weighted by Crippen LogP contribution is 2.30. The molecule has 1 heterocycles. The number of hydrogen-bond acceptors (Lipinski definition) is 7. The highest BCUT2D eigenvalue weighted by Gasteiger charge is 2.30. The molecule has 10 nitrogen and oxygen atoms in total. The van der Waals surface area contributed by atoms with E-state index in [4.69, 9.17) is 23.1 Å². The number of halogens is 1. The Morgan fingerprint density at radius 3 is 2.35 bits per heavy atom. The summed E-state index contributed by atoms with van der Waals surface area (Å²) < 4.78 is 0. The smallest absolute Gasteiger partial charge is 0.326 e. The SMILES string of the molecule is NC[C@H](O)C[C@@H]1NC(=O)[C@@H](N)Cc2cc(ccc2O)-c2ccc(Cl)c(c2)C[C@@H](C(=O)O)NC1=O. The van der Waals surface area contributed by atoms with Crippen molar-refractivity contribution in [1.82, 2.24) is 10.6 Å². The zero-order chi connectivity index (χ0) is 25.0. The number of amides is 2. The second kappa shape index (κ2) is 10.8. The molecular weight excluding hydrogens is 464 g/mol. The van der Waals surface area contributed by atoms with Crippen molar-refractivity contribution in [3.63, 3.8) is 0 Å². The van der Waals surface area contributed by atoms with E-state index in [9.17, 15) is 29.7 Å². The molecule has 1 aliphatic rings. The van der Waals surface area contributed by atoms with Gasteiger partial charge in [0.1, 0.15) is 17.8 Å². The highest BCUT2D eigenvalue weighted by atomic mass is 35.5. The van der Waals surface area contributed by atoms with Crippen LogP contribution in [0.4, 0.5) is 0 Å². The molecule has 9 N–H and O–H groups in total. The summed E-state index contributed by atoms with van der Waals surface area (Å²) in [6.07, 6.45) is -1.52. The van der Waals surface area contributed by atoms with Gasteiger partial charge < -0.3 is 37.4 Å². The molecule has 4 bridgehead atoms. The molecule has 182 valence electrons. The molecule has 0 aromatic heterocycles. The zero-order valence-corrected chi connectivity index (χ0v) is 19.0. The number of rotatable bonds is 4. The van der Waals surface area contributed by atoms with Gasteiger partial charge in [-0.15, -0.1) is 0 Å². The van der Waals surface area contributed by atoms with Crippen LogP contribution in [0.2, 0.25) is 5.02 Å². The van der Waals surface area contributed by atoms with Gasteiger partial charge in [-0.1, -0.05) is 23.7 Å². The van der Waals surface area contributed by atoms with E-state index in [-0.39, 0.29) is 31.6 Å². The summed E-state index contributed by atoms with van der Waals surface area (Å²) in [5.41, 5.74) is 13.8. The minimum Gasteiger partial charge on any atom is -0.508 e. The fraction of sp³-hybridized carbons (Fsp3) is 0.348. The number of nitrogens with one attached hydrogen (secondary N) is 2. The molecule has 0 fully saturated rings. The number of carbonyl (C=O) groups is 3. The topological polar surface area (TPSA) is 188 Å². The van der Waals surface area contributed by atoms with Gasteiger partial charge in [0.25, 0.3) is 0 Å². The molecule has 2 amide bonds. The Bertz CT molecular complexity index is 1100. The van der Waals surface area contributed by atoms with Gasteiger partial charge in [-0.05, 0) is 46.5 Å². The zero-order valence-electron chi connectivity index (χ0n) is 18.2. The summed E-state index contributed by atoms with van der Waals surface area (Å²) in [6, 6.07) is 6.13. The molecule has 4 atom stereocenters. The molecule has 34 heavy (non-hydrogen) atoms.